The second-order valence-corrected chi connectivity index (χ2v) is 3.56. The van der Waals surface area contributed by atoms with E-state index in [9.17, 15) is 9.90 Å². The van der Waals surface area contributed by atoms with Crippen molar-refractivity contribution in [2.45, 2.75) is 19.8 Å². The summed E-state index contributed by atoms with van der Waals surface area (Å²) in [7, 11) is 0. The molecule has 2 rings (SSSR count). The van der Waals surface area contributed by atoms with Crippen LogP contribution in [0.5, 0.6) is 5.88 Å². The molecule has 0 spiro atoms. The van der Waals surface area contributed by atoms with Gasteiger partial charge in [0.1, 0.15) is 12.0 Å². The van der Waals surface area contributed by atoms with Gasteiger partial charge in [-0.1, -0.05) is 13.3 Å². The molecule has 2 aromatic rings. The van der Waals surface area contributed by atoms with E-state index in [1.165, 1.54) is 6.33 Å². The summed E-state index contributed by atoms with van der Waals surface area (Å²) in [5.74, 6) is 0.0129. The Hall–Kier alpha value is -2.24. The summed E-state index contributed by atoms with van der Waals surface area (Å²) in [5, 5.41) is 9.69. The van der Waals surface area contributed by atoms with Gasteiger partial charge in [0.15, 0.2) is 5.82 Å². The van der Waals surface area contributed by atoms with Crippen LogP contribution < -0.4 is 5.56 Å². The Morgan fingerprint density at radius 2 is 2.29 bits per heavy atom. The van der Waals surface area contributed by atoms with E-state index in [1.807, 2.05) is 6.92 Å². The molecule has 0 unspecified atom stereocenters. The number of nitrogens with one attached hydrogen (secondary N) is 1. The summed E-state index contributed by atoms with van der Waals surface area (Å²) < 4.78 is 0. The molecule has 2 N–H and O–H groups in total. The van der Waals surface area contributed by atoms with Gasteiger partial charge in [0.2, 0.25) is 5.88 Å². The lowest BCUT2D eigenvalue weighted by Gasteiger charge is -2.04. The average Bonchev–Trinajstić information content (AvgIpc) is 2.35. The number of nitrogens with zero attached hydrogens (tertiary/aromatic N) is 3. The monoisotopic (exact) mass is 232 g/mol. The second-order valence-electron chi connectivity index (χ2n) is 3.56. The Bertz CT molecular complexity index is 565. The number of hydrogen-bond donors (Lipinski definition) is 2. The third-order valence-corrected chi connectivity index (χ3v) is 2.32. The highest BCUT2D eigenvalue weighted by atomic mass is 16.3. The van der Waals surface area contributed by atoms with Crippen LogP contribution in [0.15, 0.2) is 23.4 Å². The molecule has 6 nitrogen and oxygen atoms in total. The normalized spacial score (nSPS) is 10.4. The number of hydrogen-bond acceptors (Lipinski definition) is 5. The van der Waals surface area contributed by atoms with Crippen LogP contribution in [0.4, 0.5) is 0 Å². The lowest BCUT2D eigenvalue weighted by molar-refractivity contribution is 0.443. The SMILES string of the molecule is CCCc1c(O)nc(-c2ccncn2)[nH]c1=O. The molecule has 0 aliphatic rings. The van der Waals surface area contributed by atoms with Gasteiger partial charge in [0, 0.05) is 6.20 Å². The van der Waals surface area contributed by atoms with Gasteiger partial charge in [-0.05, 0) is 12.5 Å². The molecule has 0 saturated heterocycles. The Balaban J connectivity index is 2.50. The summed E-state index contributed by atoms with van der Waals surface area (Å²) in [4.78, 5) is 26.0. The lowest BCUT2D eigenvalue weighted by Crippen LogP contribution is -2.15. The number of H-pyrrole nitrogens is 1. The molecule has 0 amide bonds. The van der Waals surface area contributed by atoms with Gasteiger partial charge >= 0.3 is 0 Å². The fraction of sp³-hybridized carbons (Fsp3) is 0.273. The first-order valence-corrected chi connectivity index (χ1v) is 5.31. The van der Waals surface area contributed by atoms with Crippen molar-refractivity contribution in [3.63, 3.8) is 0 Å². The van der Waals surface area contributed by atoms with E-state index in [4.69, 9.17) is 0 Å². The summed E-state index contributed by atoms with van der Waals surface area (Å²) >= 11 is 0. The molecule has 6 heteroatoms. The van der Waals surface area contributed by atoms with Crippen LogP contribution in [-0.2, 0) is 6.42 Å². The van der Waals surface area contributed by atoms with E-state index in [0.29, 0.717) is 17.7 Å². The zero-order valence-corrected chi connectivity index (χ0v) is 9.34. The summed E-state index contributed by atoms with van der Waals surface area (Å²) in [6, 6.07) is 1.61. The first-order valence-electron chi connectivity index (χ1n) is 5.31. The van der Waals surface area contributed by atoms with Crippen molar-refractivity contribution in [1.29, 1.82) is 0 Å². The van der Waals surface area contributed by atoms with Crippen molar-refractivity contribution in [2.24, 2.45) is 0 Å². The molecule has 0 fully saturated rings. The maximum Gasteiger partial charge on any atom is 0.258 e. The largest absolute Gasteiger partial charge is 0.493 e. The van der Waals surface area contributed by atoms with Crippen LogP contribution in [0, 0.1) is 0 Å². The van der Waals surface area contributed by atoms with Crippen molar-refractivity contribution in [2.75, 3.05) is 0 Å². The summed E-state index contributed by atoms with van der Waals surface area (Å²) in [5.41, 5.74) is 0.453. The molecule has 2 aromatic heterocycles. The fourth-order valence-corrected chi connectivity index (χ4v) is 1.51. The molecular formula is C11H12N4O2. The first-order chi connectivity index (χ1) is 8.22. The highest BCUT2D eigenvalue weighted by Crippen LogP contribution is 2.15. The second kappa shape index (κ2) is 4.73. The van der Waals surface area contributed by atoms with Crippen molar-refractivity contribution < 1.29 is 5.11 Å². The van der Waals surface area contributed by atoms with Crippen molar-refractivity contribution >= 4 is 0 Å². The van der Waals surface area contributed by atoms with Crippen LogP contribution >= 0.6 is 0 Å². The van der Waals surface area contributed by atoms with Crippen LogP contribution in [0.3, 0.4) is 0 Å². The van der Waals surface area contributed by atoms with Gasteiger partial charge < -0.3 is 10.1 Å². The molecule has 88 valence electrons. The summed E-state index contributed by atoms with van der Waals surface area (Å²) in [6.07, 6.45) is 4.16. The van der Waals surface area contributed by atoms with Crippen LogP contribution in [0.25, 0.3) is 11.5 Å². The minimum absolute atomic E-state index is 0.232. The molecule has 2 heterocycles. The maximum atomic E-state index is 11.7. The minimum Gasteiger partial charge on any atom is -0.493 e. The van der Waals surface area contributed by atoms with E-state index in [0.717, 1.165) is 6.42 Å². The Morgan fingerprint density at radius 1 is 1.47 bits per heavy atom. The van der Waals surface area contributed by atoms with E-state index >= 15 is 0 Å². The zero-order chi connectivity index (χ0) is 12.3. The van der Waals surface area contributed by atoms with Gasteiger partial charge in [-0.15, -0.1) is 0 Å². The molecule has 17 heavy (non-hydrogen) atoms. The highest BCUT2D eigenvalue weighted by molar-refractivity contribution is 5.48. The smallest absolute Gasteiger partial charge is 0.258 e. The zero-order valence-electron chi connectivity index (χ0n) is 9.34. The van der Waals surface area contributed by atoms with E-state index in [-0.39, 0.29) is 17.3 Å². The maximum absolute atomic E-state index is 11.7. The molecule has 0 aliphatic carbocycles. The van der Waals surface area contributed by atoms with Crippen LogP contribution in [0.2, 0.25) is 0 Å². The minimum atomic E-state index is -0.326. The predicted molar refractivity (Wildman–Crippen MR) is 61.5 cm³/mol. The standard InChI is InChI=1S/C11H12N4O2/c1-2-3-7-10(16)14-9(15-11(7)17)8-4-5-12-6-13-8/h4-6H,2-3H2,1H3,(H2,14,15,16,17). The van der Waals surface area contributed by atoms with Crippen molar-refractivity contribution in [3.8, 4) is 17.4 Å². The summed E-state index contributed by atoms with van der Waals surface area (Å²) in [6.45, 7) is 1.93. The third-order valence-electron chi connectivity index (χ3n) is 2.32. The predicted octanol–water partition coefficient (Wildman–Crippen LogP) is 0.885. The molecule has 0 atom stereocenters. The van der Waals surface area contributed by atoms with E-state index < -0.39 is 0 Å². The van der Waals surface area contributed by atoms with Crippen molar-refractivity contribution in [3.05, 3.63) is 34.5 Å². The van der Waals surface area contributed by atoms with Crippen LogP contribution in [0.1, 0.15) is 18.9 Å². The van der Waals surface area contributed by atoms with Gasteiger partial charge in [0.05, 0.1) is 5.56 Å². The molecule has 0 saturated carbocycles. The Labute approximate surface area is 97.4 Å². The average molecular weight is 232 g/mol. The topological polar surface area (TPSA) is 91.8 Å². The number of aromatic hydroxyl groups is 1. The Kier molecular flexibility index (Phi) is 3.13. The first kappa shape index (κ1) is 11.3. The molecule has 0 bridgehead atoms. The number of rotatable bonds is 3. The highest BCUT2D eigenvalue weighted by Gasteiger charge is 2.11. The van der Waals surface area contributed by atoms with Gasteiger partial charge in [0.25, 0.3) is 5.56 Å². The van der Waals surface area contributed by atoms with E-state index in [1.54, 1.807) is 12.3 Å². The number of aromatic nitrogens is 4. The lowest BCUT2D eigenvalue weighted by atomic mass is 10.2. The van der Waals surface area contributed by atoms with Gasteiger partial charge in [-0.25, -0.2) is 9.97 Å². The molecule has 0 radical (unpaired) electrons. The molecular weight excluding hydrogens is 220 g/mol. The quantitative estimate of drug-likeness (QED) is 0.819. The van der Waals surface area contributed by atoms with E-state index in [2.05, 4.69) is 19.9 Å². The van der Waals surface area contributed by atoms with Crippen molar-refractivity contribution in [1.82, 2.24) is 19.9 Å². The molecule has 0 aliphatic heterocycles. The van der Waals surface area contributed by atoms with Gasteiger partial charge in [-0.3, -0.25) is 4.79 Å². The van der Waals surface area contributed by atoms with Gasteiger partial charge in [-0.2, -0.15) is 4.98 Å². The van der Waals surface area contributed by atoms with Crippen LogP contribution in [-0.4, -0.2) is 25.0 Å². The molecule has 0 aromatic carbocycles. The fourth-order valence-electron chi connectivity index (χ4n) is 1.51. The Morgan fingerprint density at radius 3 is 2.88 bits per heavy atom. The number of aromatic amines is 1. The third kappa shape index (κ3) is 2.30.